The molecule has 4 heteroatoms. The zero-order valence-electron chi connectivity index (χ0n) is 10.6. The molecule has 1 fully saturated rings. The number of hydrogen-bond donors (Lipinski definition) is 1. The lowest BCUT2D eigenvalue weighted by molar-refractivity contribution is -0.141. The number of esters is 1. The molecule has 18 heavy (non-hydrogen) atoms. The van der Waals surface area contributed by atoms with Crippen molar-refractivity contribution in [3.63, 3.8) is 0 Å². The number of cyclic esters (lactones) is 1. The number of hydrogen-bond acceptors (Lipinski definition) is 4. The molecule has 2 atom stereocenters. The molecule has 0 radical (unpaired) electrons. The molecular formula is C14H19NO3. The Kier molecular flexibility index (Phi) is 4.73. The zero-order valence-corrected chi connectivity index (χ0v) is 10.6. The van der Waals surface area contributed by atoms with Crippen LogP contribution in [-0.2, 0) is 21.0 Å². The first-order valence-electron chi connectivity index (χ1n) is 6.39. The summed E-state index contributed by atoms with van der Waals surface area (Å²) >= 11 is 0. The van der Waals surface area contributed by atoms with Gasteiger partial charge in [0.1, 0.15) is 6.61 Å². The topological polar surface area (TPSA) is 47.6 Å². The van der Waals surface area contributed by atoms with Gasteiger partial charge in [-0.25, -0.2) is 0 Å². The average molecular weight is 249 g/mol. The van der Waals surface area contributed by atoms with Crippen LogP contribution in [0.15, 0.2) is 30.3 Å². The van der Waals surface area contributed by atoms with E-state index < -0.39 is 0 Å². The molecule has 0 bridgehead atoms. The van der Waals surface area contributed by atoms with E-state index in [1.54, 1.807) is 0 Å². The number of ether oxygens (including phenoxy) is 1. The van der Waals surface area contributed by atoms with Crippen LogP contribution < -0.4 is 5.48 Å². The predicted molar refractivity (Wildman–Crippen MR) is 67.5 cm³/mol. The van der Waals surface area contributed by atoms with E-state index in [4.69, 9.17) is 9.57 Å². The summed E-state index contributed by atoms with van der Waals surface area (Å²) < 4.78 is 5.05. The molecule has 98 valence electrons. The van der Waals surface area contributed by atoms with Crippen LogP contribution in [0.5, 0.6) is 0 Å². The standard InChI is InChI=1S/C14H19NO3/c1-2-6-12-13(10-17-14(12)16)15-18-9-11-7-4-3-5-8-11/h3-5,7-8,12-13,15H,2,6,9-10H2,1H3/t12-,13-/m0/s1. The second-order valence-electron chi connectivity index (χ2n) is 4.52. The predicted octanol–water partition coefficient (Wildman–Crippen LogP) is 2.05. The van der Waals surface area contributed by atoms with Crippen molar-refractivity contribution >= 4 is 5.97 Å². The third-order valence-corrected chi connectivity index (χ3v) is 3.11. The average Bonchev–Trinajstić information content (AvgIpc) is 2.73. The van der Waals surface area contributed by atoms with Gasteiger partial charge >= 0.3 is 5.97 Å². The van der Waals surface area contributed by atoms with Gasteiger partial charge in [-0.15, -0.1) is 0 Å². The van der Waals surface area contributed by atoms with Crippen LogP contribution in [0, 0.1) is 5.92 Å². The van der Waals surface area contributed by atoms with Crippen molar-refractivity contribution < 1.29 is 14.4 Å². The van der Waals surface area contributed by atoms with Gasteiger partial charge in [-0.1, -0.05) is 43.7 Å². The molecule has 1 aliphatic rings. The quantitative estimate of drug-likeness (QED) is 0.619. The first-order valence-corrected chi connectivity index (χ1v) is 6.39. The minimum atomic E-state index is -0.113. The van der Waals surface area contributed by atoms with Crippen LogP contribution in [0.1, 0.15) is 25.3 Å². The third-order valence-electron chi connectivity index (χ3n) is 3.11. The Morgan fingerprint density at radius 1 is 1.39 bits per heavy atom. The second kappa shape index (κ2) is 6.52. The third kappa shape index (κ3) is 3.31. The van der Waals surface area contributed by atoms with Crippen molar-refractivity contribution in [3.8, 4) is 0 Å². The number of carbonyl (C=O) groups is 1. The molecule has 2 rings (SSSR count). The summed E-state index contributed by atoms with van der Waals surface area (Å²) in [5.41, 5.74) is 4.05. The Balaban J connectivity index is 1.78. The minimum absolute atomic E-state index is 0.0267. The Labute approximate surface area is 107 Å². The zero-order chi connectivity index (χ0) is 12.8. The number of carbonyl (C=O) groups excluding carboxylic acids is 1. The molecule has 4 nitrogen and oxygen atoms in total. The van der Waals surface area contributed by atoms with E-state index in [2.05, 4.69) is 12.4 Å². The first-order chi connectivity index (χ1) is 8.81. The van der Waals surface area contributed by atoms with Crippen LogP contribution in [0.4, 0.5) is 0 Å². The van der Waals surface area contributed by atoms with E-state index in [1.807, 2.05) is 30.3 Å². The highest BCUT2D eigenvalue weighted by Gasteiger charge is 2.36. The van der Waals surface area contributed by atoms with Gasteiger partial charge in [0, 0.05) is 0 Å². The summed E-state index contributed by atoms with van der Waals surface area (Å²) in [7, 11) is 0. The van der Waals surface area contributed by atoms with Gasteiger partial charge in [0.25, 0.3) is 0 Å². The molecule has 1 heterocycles. The van der Waals surface area contributed by atoms with Gasteiger partial charge in [0.15, 0.2) is 0 Å². The van der Waals surface area contributed by atoms with E-state index in [9.17, 15) is 4.79 Å². The van der Waals surface area contributed by atoms with Gasteiger partial charge in [-0.3, -0.25) is 9.63 Å². The molecule has 1 aromatic rings. The fraction of sp³-hybridized carbons (Fsp3) is 0.500. The highest BCUT2D eigenvalue weighted by Crippen LogP contribution is 2.20. The summed E-state index contributed by atoms with van der Waals surface area (Å²) in [5, 5.41) is 0. The minimum Gasteiger partial charge on any atom is -0.464 e. The highest BCUT2D eigenvalue weighted by atomic mass is 16.6. The number of benzene rings is 1. The summed E-state index contributed by atoms with van der Waals surface area (Å²) in [6.45, 7) is 2.95. The summed E-state index contributed by atoms with van der Waals surface area (Å²) in [5.74, 6) is -0.191. The lowest BCUT2D eigenvalue weighted by Crippen LogP contribution is -2.36. The van der Waals surface area contributed by atoms with E-state index >= 15 is 0 Å². The largest absolute Gasteiger partial charge is 0.464 e. The van der Waals surface area contributed by atoms with Crippen molar-refractivity contribution in [3.05, 3.63) is 35.9 Å². The monoisotopic (exact) mass is 249 g/mol. The lowest BCUT2D eigenvalue weighted by atomic mass is 9.98. The Hall–Kier alpha value is -1.39. The van der Waals surface area contributed by atoms with E-state index in [0.717, 1.165) is 18.4 Å². The van der Waals surface area contributed by atoms with E-state index in [-0.39, 0.29) is 17.9 Å². The van der Waals surface area contributed by atoms with Gasteiger partial charge < -0.3 is 4.74 Å². The molecule has 0 aromatic heterocycles. The van der Waals surface area contributed by atoms with Crippen LogP contribution in [-0.4, -0.2) is 18.6 Å². The molecule has 0 saturated carbocycles. The maximum atomic E-state index is 11.5. The number of nitrogens with one attached hydrogen (secondary N) is 1. The van der Waals surface area contributed by atoms with Crippen molar-refractivity contribution in [2.75, 3.05) is 6.61 Å². The first kappa shape index (κ1) is 13.1. The highest BCUT2D eigenvalue weighted by molar-refractivity contribution is 5.75. The Morgan fingerprint density at radius 2 is 2.17 bits per heavy atom. The maximum absolute atomic E-state index is 11.5. The molecule has 1 aliphatic heterocycles. The van der Waals surface area contributed by atoms with E-state index in [0.29, 0.717) is 13.2 Å². The van der Waals surface area contributed by atoms with Crippen LogP contribution in [0.3, 0.4) is 0 Å². The fourth-order valence-corrected chi connectivity index (χ4v) is 2.11. The number of hydroxylamine groups is 1. The summed E-state index contributed by atoms with van der Waals surface area (Å²) in [6, 6.07) is 9.89. The molecule has 1 saturated heterocycles. The summed E-state index contributed by atoms with van der Waals surface area (Å²) in [4.78, 5) is 16.9. The van der Waals surface area contributed by atoms with Crippen molar-refractivity contribution in [2.45, 2.75) is 32.4 Å². The molecule has 0 aliphatic carbocycles. The molecular weight excluding hydrogens is 230 g/mol. The summed E-state index contributed by atoms with van der Waals surface area (Å²) in [6.07, 6.45) is 1.81. The normalized spacial score (nSPS) is 23.1. The SMILES string of the molecule is CCC[C@@H]1C(=O)OC[C@@H]1NOCc1ccccc1. The van der Waals surface area contributed by atoms with Gasteiger partial charge in [0.2, 0.25) is 0 Å². The van der Waals surface area contributed by atoms with E-state index in [1.165, 1.54) is 0 Å². The molecule has 0 unspecified atom stereocenters. The van der Waals surface area contributed by atoms with Crippen molar-refractivity contribution in [1.29, 1.82) is 0 Å². The smallest absolute Gasteiger partial charge is 0.310 e. The van der Waals surface area contributed by atoms with Gasteiger partial charge in [0.05, 0.1) is 18.6 Å². The molecule has 0 spiro atoms. The number of rotatable bonds is 6. The Bertz CT molecular complexity index is 380. The van der Waals surface area contributed by atoms with Gasteiger partial charge in [-0.05, 0) is 12.0 Å². The van der Waals surface area contributed by atoms with Crippen molar-refractivity contribution in [2.24, 2.45) is 5.92 Å². The lowest BCUT2D eigenvalue weighted by Gasteiger charge is -2.15. The fourth-order valence-electron chi connectivity index (χ4n) is 2.11. The molecule has 1 N–H and O–H groups in total. The Morgan fingerprint density at radius 3 is 2.89 bits per heavy atom. The van der Waals surface area contributed by atoms with Crippen LogP contribution in [0.25, 0.3) is 0 Å². The molecule has 1 aromatic carbocycles. The van der Waals surface area contributed by atoms with Crippen molar-refractivity contribution in [1.82, 2.24) is 5.48 Å². The maximum Gasteiger partial charge on any atom is 0.310 e. The van der Waals surface area contributed by atoms with Crippen LogP contribution in [0.2, 0.25) is 0 Å². The molecule has 0 amide bonds. The second-order valence-corrected chi connectivity index (χ2v) is 4.52. The van der Waals surface area contributed by atoms with Crippen LogP contribution >= 0.6 is 0 Å². The van der Waals surface area contributed by atoms with Gasteiger partial charge in [-0.2, -0.15) is 5.48 Å².